The van der Waals surface area contributed by atoms with Crippen LogP contribution in [0.3, 0.4) is 0 Å². The van der Waals surface area contributed by atoms with Crippen LogP contribution < -0.4 is 0 Å². The summed E-state index contributed by atoms with van der Waals surface area (Å²) in [5.74, 6) is -0.143. The Balaban J connectivity index is 2.29. The summed E-state index contributed by atoms with van der Waals surface area (Å²) < 4.78 is 24.2. The van der Waals surface area contributed by atoms with Gasteiger partial charge in [-0.3, -0.25) is 9.78 Å². The smallest absolute Gasteiger partial charge is 0.255 e. The summed E-state index contributed by atoms with van der Waals surface area (Å²) in [5, 5.41) is -0.536. The van der Waals surface area contributed by atoms with Crippen LogP contribution in [-0.2, 0) is 9.84 Å². The average molecular weight is 347 g/mol. The number of nitrogens with zero attached hydrogens (tertiary/aromatic N) is 2. The van der Waals surface area contributed by atoms with E-state index in [-0.39, 0.29) is 24.2 Å². The summed E-state index contributed by atoms with van der Waals surface area (Å²) in [4.78, 5) is 18.0. The van der Waals surface area contributed by atoms with E-state index in [9.17, 15) is 13.2 Å². The predicted octanol–water partition coefficient (Wildman–Crippen LogP) is 1.49. The maximum atomic E-state index is 12.5. The zero-order valence-corrected chi connectivity index (χ0v) is 13.1. The molecule has 1 aromatic rings. The molecule has 5 nitrogen and oxygen atoms in total. The molecule has 0 spiro atoms. The van der Waals surface area contributed by atoms with Crippen LogP contribution >= 0.6 is 15.9 Å². The van der Waals surface area contributed by atoms with Gasteiger partial charge in [0.2, 0.25) is 0 Å². The monoisotopic (exact) mass is 346 g/mol. The van der Waals surface area contributed by atoms with E-state index in [1.165, 1.54) is 0 Å². The van der Waals surface area contributed by atoms with Gasteiger partial charge in [-0.25, -0.2) is 8.42 Å². The first-order valence-electron chi connectivity index (χ1n) is 5.96. The number of aromatic nitrogens is 1. The second kappa shape index (κ2) is 5.20. The van der Waals surface area contributed by atoms with Gasteiger partial charge in [0.25, 0.3) is 5.91 Å². The lowest BCUT2D eigenvalue weighted by molar-refractivity contribution is 0.0692. The van der Waals surface area contributed by atoms with Gasteiger partial charge in [-0.15, -0.1) is 0 Å². The molecule has 0 N–H and O–H groups in total. The molecule has 0 aliphatic carbocycles. The van der Waals surface area contributed by atoms with Crippen molar-refractivity contribution >= 4 is 31.7 Å². The molecule has 7 heteroatoms. The van der Waals surface area contributed by atoms with E-state index in [1.807, 2.05) is 0 Å². The van der Waals surface area contributed by atoms with Crippen molar-refractivity contribution < 1.29 is 13.2 Å². The van der Waals surface area contributed by atoms with Crippen LogP contribution in [0.25, 0.3) is 0 Å². The minimum absolute atomic E-state index is 0.0208. The minimum Gasteiger partial charge on any atom is -0.334 e. The van der Waals surface area contributed by atoms with Crippen molar-refractivity contribution in [1.29, 1.82) is 0 Å². The Morgan fingerprint density at radius 3 is 2.79 bits per heavy atom. The molecule has 1 aliphatic heterocycles. The van der Waals surface area contributed by atoms with Gasteiger partial charge in [-0.2, -0.15) is 0 Å². The summed E-state index contributed by atoms with van der Waals surface area (Å²) in [6.07, 6.45) is 3.11. The van der Waals surface area contributed by atoms with Gasteiger partial charge in [0.15, 0.2) is 9.84 Å². The van der Waals surface area contributed by atoms with Crippen LogP contribution in [0.5, 0.6) is 0 Å². The van der Waals surface area contributed by atoms with Crippen molar-refractivity contribution in [2.45, 2.75) is 25.1 Å². The van der Waals surface area contributed by atoms with E-state index in [0.717, 1.165) is 0 Å². The molecule has 2 heterocycles. The lowest BCUT2D eigenvalue weighted by Gasteiger charge is -2.37. The number of carbonyl (C=O) groups is 1. The number of rotatable bonds is 1. The molecule has 104 valence electrons. The first-order chi connectivity index (χ1) is 8.84. The third kappa shape index (κ3) is 2.67. The number of carbonyl (C=O) groups excluding carboxylic acids is 1. The highest BCUT2D eigenvalue weighted by Crippen LogP contribution is 2.24. The van der Waals surface area contributed by atoms with Crippen molar-refractivity contribution in [2.75, 3.05) is 12.3 Å². The molecule has 2 rings (SSSR count). The Morgan fingerprint density at radius 2 is 2.16 bits per heavy atom. The highest BCUT2D eigenvalue weighted by atomic mass is 79.9. The van der Waals surface area contributed by atoms with Crippen LogP contribution in [0.1, 0.15) is 24.2 Å². The molecule has 1 amide bonds. The average Bonchev–Trinajstić information content (AvgIpc) is 2.36. The topological polar surface area (TPSA) is 67.3 Å². The minimum atomic E-state index is -3.09. The Kier molecular flexibility index (Phi) is 3.96. The van der Waals surface area contributed by atoms with Crippen LogP contribution in [0.15, 0.2) is 22.9 Å². The first-order valence-corrected chi connectivity index (χ1v) is 8.47. The predicted molar refractivity (Wildman–Crippen MR) is 75.7 cm³/mol. The fraction of sp³-hybridized carbons (Fsp3) is 0.500. The Hall–Kier alpha value is -0.950. The molecule has 0 saturated carbocycles. The van der Waals surface area contributed by atoms with Gasteiger partial charge < -0.3 is 4.90 Å². The first kappa shape index (κ1) is 14.5. The highest BCUT2D eigenvalue weighted by molar-refractivity contribution is 9.10. The molecule has 1 saturated heterocycles. The van der Waals surface area contributed by atoms with E-state index in [1.54, 1.807) is 37.2 Å². The molecule has 1 fully saturated rings. The fourth-order valence-electron chi connectivity index (χ4n) is 2.16. The Bertz CT molecular complexity index is 603. The molecular weight excluding hydrogens is 332 g/mol. The zero-order valence-electron chi connectivity index (χ0n) is 10.7. The Labute approximate surface area is 121 Å². The van der Waals surface area contributed by atoms with E-state index in [2.05, 4.69) is 20.9 Å². The second-order valence-corrected chi connectivity index (χ2v) is 8.00. The third-order valence-corrected chi connectivity index (χ3v) is 6.53. The van der Waals surface area contributed by atoms with Gasteiger partial charge >= 0.3 is 0 Å². The lowest BCUT2D eigenvalue weighted by atomic mass is 10.1. The number of halogens is 1. The number of amides is 1. The molecule has 0 aromatic carbocycles. The van der Waals surface area contributed by atoms with E-state index < -0.39 is 15.1 Å². The number of pyridine rings is 1. The van der Waals surface area contributed by atoms with Gasteiger partial charge in [0.05, 0.1) is 16.6 Å². The lowest BCUT2D eigenvalue weighted by Crippen LogP contribution is -2.54. The standard InChI is InChI=1S/C12H15BrN2O3S/c1-8-9(2)19(17,18)6-5-15(8)12(16)10-3-4-14-7-11(10)13/h3-4,7-9H,5-6H2,1-2H3/t8-,9-/m0/s1. The molecular formula is C12H15BrN2O3S. The fourth-order valence-corrected chi connectivity index (χ4v) is 4.15. The summed E-state index contributed by atoms with van der Waals surface area (Å²) in [5.41, 5.74) is 0.508. The second-order valence-electron chi connectivity index (χ2n) is 4.67. The van der Waals surface area contributed by atoms with E-state index in [0.29, 0.717) is 10.0 Å². The quantitative estimate of drug-likeness (QED) is 0.772. The maximum absolute atomic E-state index is 12.5. The van der Waals surface area contributed by atoms with Gasteiger partial charge in [-0.1, -0.05) is 0 Å². The van der Waals surface area contributed by atoms with Crippen molar-refractivity contribution in [3.8, 4) is 0 Å². The van der Waals surface area contributed by atoms with Gasteiger partial charge in [0.1, 0.15) is 0 Å². The van der Waals surface area contributed by atoms with Crippen LogP contribution in [0.4, 0.5) is 0 Å². The largest absolute Gasteiger partial charge is 0.334 e. The Morgan fingerprint density at radius 1 is 1.47 bits per heavy atom. The highest BCUT2D eigenvalue weighted by Gasteiger charge is 2.38. The molecule has 0 radical (unpaired) electrons. The number of hydrogen-bond acceptors (Lipinski definition) is 4. The molecule has 1 aliphatic rings. The molecule has 2 atom stereocenters. The zero-order chi connectivity index (χ0) is 14.2. The van der Waals surface area contributed by atoms with Crippen LogP contribution in [-0.4, -0.2) is 47.8 Å². The van der Waals surface area contributed by atoms with Gasteiger partial charge in [0, 0.05) is 29.5 Å². The summed E-state index contributed by atoms with van der Waals surface area (Å²) in [6.45, 7) is 3.66. The van der Waals surface area contributed by atoms with Crippen molar-refractivity contribution in [1.82, 2.24) is 9.88 Å². The number of hydrogen-bond donors (Lipinski definition) is 0. The normalized spacial score (nSPS) is 26.2. The van der Waals surface area contributed by atoms with Crippen molar-refractivity contribution in [3.63, 3.8) is 0 Å². The summed E-state index contributed by atoms with van der Waals surface area (Å²) in [7, 11) is -3.09. The number of sulfone groups is 1. The molecule has 0 bridgehead atoms. The molecule has 1 aromatic heterocycles. The molecule has 19 heavy (non-hydrogen) atoms. The van der Waals surface area contributed by atoms with Crippen molar-refractivity contribution in [3.05, 3.63) is 28.5 Å². The SMILES string of the molecule is C[C@H]1[C@H](C)S(=O)(=O)CCN1C(=O)c1ccncc1Br. The third-order valence-electron chi connectivity index (χ3n) is 3.62. The van der Waals surface area contributed by atoms with Crippen molar-refractivity contribution in [2.24, 2.45) is 0 Å². The summed E-state index contributed by atoms with van der Waals surface area (Å²) >= 11 is 3.29. The maximum Gasteiger partial charge on any atom is 0.255 e. The molecule has 0 unspecified atom stereocenters. The van der Waals surface area contributed by atoms with E-state index in [4.69, 9.17) is 0 Å². The van der Waals surface area contributed by atoms with Gasteiger partial charge in [-0.05, 0) is 35.8 Å². The summed E-state index contributed by atoms with van der Waals surface area (Å²) in [6, 6.07) is 1.30. The van der Waals surface area contributed by atoms with E-state index >= 15 is 0 Å². The van der Waals surface area contributed by atoms with Crippen LogP contribution in [0, 0.1) is 0 Å². The van der Waals surface area contributed by atoms with Crippen LogP contribution in [0.2, 0.25) is 0 Å².